The molecule has 1 aliphatic heterocycles. The fourth-order valence-electron chi connectivity index (χ4n) is 1.38. The summed E-state index contributed by atoms with van der Waals surface area (Å²) in [6, 6.07) is 0. The first-order valence-corrected chi connectivity index (χ1v) is 5.74. The molecule has 0 saturated carbocycles. The number of carboxylic acids is 1. The van der Waals surface area contributed by atoms with Gasteiger partial charge in [0.05, 0.1) is 11.5 Å². The molecule has 2 rings (SSSR count). The molecule has 1 aliphatic rings. The van der Waals surface area contributed by atoms with Crippen molar-refractivity contribution in [2.45, 2.75) is 0 Å². The van der Waals surface area contributed by atoms with Crippen molar-refractivity contribution in [2.24, 2.45) is 0 Å². The van der Waals surface area contributed by atoms with Gasteiger partial charge in [-0.3, -0.25) is 9.59 Å². The molecule has 0 spiro atoms. The molecule has 88 valence electrons. The molecule has 0 bridgehead atoms. The molecule has 17 heavy (non-hydrogen) atoms. The normalized spacial score (nSPS) is 16.1. The number of hydrogen-bond donors (Lipinski definition) is 1. The number of rotatable bonds is 2. The van der Waals surface area contributed by atoms with Gasteiger partial charge in [-0.1, -0.05) is 0 Å². The predicted molar refractivity (Wildman–Crippen MR) is 58.8 cm³/mol. The first kappa shape index (κ1) is 11.5. The van der Waals surface area contributed by atoms with Crippen molar-refractivity contribution >= 4 is 35.4 Å². The Morgan fingerprint density at radius 2 is 1.82 bits per heavy atom. The molecular formula is C9H7N3O4S. The van der Waals surface area contributed by atoms with Crippen molar-refractivity contribution in [2.75, 3.05) is 16.4 Å². The highest BCUT2D eigenvalue weighted by Gasteiger charge is 2.32. The number of carbonyl (C=O) groups excluding carboxylic acids is 2. The van der Waals surface area contributed by atoms with Gasteiger partial charge in [0.2, 0.25) is 11.8 Å². The number of amides is 2. The molecule has 0 aromatic carbocycles. The molecule has 0 unspecified atom stereocenters. The Kier molecular flexibility index (Phi) is 3.05. The van der Waals surface area contributed by atoms with Crippen molar-refractivity contribution in [3.63, 3.8) is 0 Å². The van der Waals surface area contributed by atoms with Gasteiger partial charge in [0.25, 0.3) is 0 Å². The van der Waals surface area contributed by atoms with Crippen molar-refractivity contribution < 1.29 is 19.5 Å². The Labute approximate surface area is 99.9 Å². The lowest BCUT2D eigenvalue weighted by Crippen LogP contribution is -2.44. The summed E-state index contributed by atoms with van der Waals surface area (Å²) in [6.07, 6.45) is 2.44. The van der Waals surface area contributed by atoms with Gasteiger partial charge in [0, 0.05) is 12.4 Å². The highest BCUT2D eigenvalue weighted by molar-refractivity contribution is 8.00. The second kappa shape index (κ2) is 4.50. The molecule has 1 aromatic rings. The minimum Gasteiger partial charge on any atom is -0.476 e. The number of aromatic carboxylic acids is 1. The monoisotopic (exact) mass is 253 g/mol. The van der Waals surface area contributed by atoms with E-state index < -0.39 is 23.5 Å². The first-order chi connectivity index (χ1) is 8.11. The van der Waals surface area contributed by atoms with E-state index in [-0.39, 0.29) is 17.3 Å². The fraction of sp³-hybridized carbons (Fsp3) is 0.222. The van der Waals surface area contributed by atoms with Crippen molar-refractivity contribution in [1.82, 2.24) is 9.97 Å². The lowest BCUT2D eigenvalue weighted by Gasteiger charge is -2.23. The molecule has 1 N–H and O–H groups in total. The predicted octanol–water partition coefficient (Wildman–Crippen LogP) is -0.219. The zero-order chi connectivity index (χ0) is 12.4. The zero-order valence-corrected chi connectivity index (χ0v) is 9.31. The van der Waals surface area contributed by atoms with Crippen LogP contribution in [0.1, 0.15) is 10.5 Å². The van der Waals surface area contributed by atoms with Crippen LogP contribution < -0.4 is 4.90 Å². The Morgan fingerprint density at radius 1 is 1.24 bits per heavy atom. The van der Waals surface area contributed by atoms with Gasteiger partial charge in [0.1, 0.15) is 0 Å². The van der Waals surface area contributed by atoms with Gasteiger partial charge >= 0.3 is 5.97 Å². The topological polar surface area (TPSA) is 100 Å². The van der Waals surface area contributed by atoms with Gasteiger partial charge in [0.15, 0.2) is 11.5 Å². The summed E-state index contributed by atoms with van der Waals surface area (Å²) in [7, 11) is 0. The van der Waals surface area contributed by atoms with Gasteiger partial charge in [-0.05, 0) is 0 Å². The van der Waals surface area contributed by atoms with Crippen LogP contribution >= 0.6 is 11.8 Å². The number of hydrogen-bond acceptors (Lipinski definition) is 6. The number of imide groups is 1. The van der Waals surface area contributed by atoms with Gasteiger partial charge < -0.3 is 5.11 Å². The largest absolute Gasteiger partial charge is 0.476 e. The van der Waals surface area contributed by atoms with E-state index in [1.807, 2.05) is 0 Å². The highest BCUT2D eigenvalue weighted by Crippen LogP contribution is 2.21. The molecule has 1 saturated heterocycles. The summed E-state index contributed by atoms with van der Waals surface area (Å²) < 4.78 is 0. The SMILES string of the molecule is O=C(O)c1nccnc1N1C(=O)CSCC1=O. The van der Waals surface area contributed by atoms with E-state index in [9.17, 15) is 14.4 Å². The molecule has 0 atom stereocenters. The summed E-state index contributed by atoms with van der Waals surface area (Å²) in [5.41, 5.74) is -0.402. The Bertz CT molecular complexity index is 489. The molecule has 1 aromatic heterocycles. The standard InChI is InChI=1S/C9H7N3O4S/c13-5-3-17-4-6(14)12(5)8-7(9(15)16)10-1-2-11-8/h1-2H,3-4H2,(H,15,16). The number of anilines is 1. The lowest BCUT2D eigenvalue weighted by atomic mass is 10.3. The van der Waals surface area contributed by atoms with Crippen LogP contribution in [-0.4, -0.2) is 44.4 Å². The van der Waals surface area contributed by atoms with E-state index in [4.69, 9.17) is 5.11 Å². The Morgan fingerprint density at radius 3 is 2.41 bits per heavy atom. The summed E-state index contributed by atoms with van der Waals surface area (Å²) in [5.74, 6) is -2.24. The van der Waals surface area contributed by atoms with Gasteiger partial charge in [-0.25, -0.2) is 19.7 Å². The van der Waals surface area contributed by atoms with E-state index in [2.05, 4.69) is 9.97 Å². The summed E-state index contributed by atoms with van der Waals surface area (Å²) in [6.45, 7) is 0. The van der Waals surface area contributed by atoms with Crippen molar-refractivity contribution in [3.8, 4) is 0 Å². The van der Waals surface area contributed by atoms with Crippen LogP contribution in [0.25, 0.3) is 0 Å². The molecule has 2 heterocycles. The highest BCUT2D eigenvalue weighted by atomic mass is 32.2. The van der Waals surface area contributed by atoms with Gasteiger partial charge in [-0.15, -0.1) is 11.8 Å². The number of thioether (sulfide) groups is 1. The number of carboxylic acid groups (broad SMARTS) is 1. The Balaban J connectivity index is 2.48. The quantitative estimate of drug-likeness (QED) is 0.727. The second-order valence-corrected chi connectivity index (χ2v) is 4.13. The van der Waals surface area contributed by atoms with Crippen molar-refractivity contribution in [3.05, 3.63) is 18.1 Å². The number of nitrogens with zero attached hydrogens (tertiary/aromatic N) is 3. The maximum absolute atomic E-state index is 11.6. The molecule has 2 amide bonds. The number of aromatic nitrogens is 2. The molecule has 8 heteroatoms. The van der Waals surface area contributed by atoms with Crippen LogP contribution in [0.2, 0.25) is 0 Å². The van der Waals surface area contributed by atoms with Crippen LogP contribution in [0, 0.1) is 0 Å². The summed E-state index contributed by atoms with van der Waals surface area (Å²) >= 11 is 1.19. The second-order valence-electron chi connectivity index (χ2n) is 3.15. The average molecular weight is 253 g/mol. The molecule has 0 aliphatic carbocycles. The smallest absolute Gasteiger partial charge is 0.358 e. The minimum absolute atomic E-state index is 0.126. The van der Waals surface area contributed by atoms with Crippen LogP contribution in [0.3, 0.4) is 0 Å². The van der Waals surface area contributed by atoms with Crippen LogP contribution in [-0.2, 0) is 9.59 Å². The number of carbonyl (C=O) groups is 3. The maximum Gasteiger partial charge on any atom is 0.358 e. The Hall–Kier alpha value is -1.96. The molecule has 7 nitrogen and oxygen atoms in total. The van der Waals surface area contributed by atoms with Crippen LogP contribution in [0.4, 0.5) is 5.82 Å². The molecule has 1 fully saturated rings. The fourth-order valence-corrected chi connectivity index (χ4v) is 2.08. The average Bonchev–Trinajstić information content (AvgIpc) is 2.29. The lowest BCUT2D eigenvalue weighted by molar-refractivity contribution is -0.124. The van der Waals surface area contributed by atoms with E-state index >= 15 is 0 Å². The summed E-state index contributed by atoms with van der Waals surface area (Å²) in [5, 5.41) is 8.91. The van der Waals surface area contributed by atoms with Crippen LogP contribution in [0.15, 0.2) is 12.4 Å². The molecular weight excluding hydrogens is 246 g/mol. The van der Waals surface area contributed by atoms with Gasteiger partial charge in [-0.2, -0.15) is 0 Å². The third-order valence-corrected chi connectivity index (χ3v) is 2.95. The third-order valence-electron chi connectivity index (χ3n) is 2.04. The zero-order valence-electron chi connectivity index (χ0n) is 8.49. The first-order valence-electron chi connectivity index (χ1n) is 4.59. The maximum atomic E-state index is 11.6. The van der Waals surface area contributed by atoms with Crippen molar-refractivity contribution in [1.29, 1.82) is 0 Å². The van der Waals surface area contributed by atoms with E-state index in [0.29, 0.717) is 0 Å². The molecule has 0 radical (unpaired) electrons. The van der Waals surface area contributed by atoms with E-state index in [1.54, 1.807) is 0 Å². The summed E-state index contributed by atoms with van der Waals surface area (Å²) in [4.78, 5) is 42.3. The van der Waals surface area contributed by atoms with E-state index in [0.717, 1.165) is 4.90 Å². The third kappa shape index (κ3) is 2.11. The minimum atomic E-state index is -1.33. The van der Waals surface area contributed by atoms with E-state index in [1.165, 1.54) is 24.2 Å². The van der Waals surface area contributed by atoms with Crippen LogP contribution in [0.5, 0.6) is 0 Å².